The molecule has 37 heavy (non-hydrogen) atoms. The molecule has 0 N–H and O–H groups in total. The molecule has 1 aliphatic carbocycles. The number of benzene rings is 2. The van der Waals surface area contributed by atoms with Gasteiger partial charge in [0.1, 0.15) is 11.1 Å². The van der Waals surface area contributed by atoms with Crippen molar-refractivity contribution in [3.05, 3.63) is 46.3 Å². The summed E-state index contributed by atoms with van der Waals surface area (Å²) in [6, 6.07) is 0. The molecule has 4 nitrogen and oxygen atoms in total. The molecule has 5 atom stereocenters. The van der Waals surface area contributed by atoms with Crippen molar-refractivity contribution in [2.24, 2.45) is 0 Å². The summed E-state index contributed by atoms with van der Waals surface area (Å²) in [4.78, 5) is 0. The Kier molecular flexibility index (Phi) is 6.97. The monoisotopic (exact) mass is 604 g/mol. The molecule has 0 aromatic heterocycles. The van der Waals surface area contributed by atoms with Crippen molar-refractivity contribution in [1.82, 2.24) is 0 Å². The summed E-state index contributed by atoms with van der Waals surface area (Å²) in [5.74, 6) is -21.7. The lowest BCUT2D eigenvalue weighted by Gasteiger charge is -2.26. The van der Waals surface area contributed by atoms with Gasteiger partial charge in [-0.2, -0.15) is 13.2 Å². The van der Waals surface area contributed by atoms with Crippen LogP contribution in [0.2, 0.25) is 0 Å². The van der Waals surface area contributed by atoms with E-state index in [1.807, 2.05) is 0 Å². The van der Waals surface area contributed by atoms with Crippen molar-refractivity contribution < 1.29 is 78.3 Å². The first kappa shape index (κ1) is 29.2. The van der Waals surface area contributed by atoms with Crippen LogP contribution in [0, 0.1) is 40.7 Å². The molecule has 2 aromatic carbocycles. The molecule has 0 bridgehead atoms. The zero-order valence-corrected chi connectivity index (χ0v) is 18.3. The van der Waals surface area contributed by atoms with Gasteiger partial charge >= 0.3 is 5.51 Å². The second kappa shape index (κ2) is 8.84. The topological polar surface area (TPSA) is 68.3 Å². The normalized spacial score (nSPS) is 26.2. The van der Waals surface area contributed by atoms with Gasteiger partial charge in [0.25, 0.3) is 9.84 Å². The van der Waals surface area contributed by atoms with E-state index >= 15 is 4.39 Å². The zero-order chi connectivity index (χ0) is 28.7. The molecule has 0 saturated heterocycles. The van der Waals surface area contributed by atoms with Crippen LogP contribution >= 0.6 is 0 Å². The second-order valence-electron chi connectivity index (χ2n) is 7.52. The summed E-state index contributed by atoms with van der Waals surface area (Å²) in [5, 5.41) is -9.20. The highest BCUT2D eigenvalue weighted by Crippen LogP contribution is 2.49. The van der Waals surface area contributed by atoms with Crippen molar-refractivity contribution in [3.63, 3.8) is 0 Å². The minimum absolute atomic E-state index is 2.50. The highest BCUT2D eigenvalue weighted by molar-refractivity contribution is 8.09. The van der Waals surface area contributed by atoms with Crippen LogP contribution in [-0.2, 0) is 19.7 Å². The average Bonchev–Trinajstić information content (AvgIpc) is 2.97. The molecule has 0 amide bonds. The fraction of sp³-hybridized carbons (Fsp3) is 0.412. The van der Waals surface area contributed by atoms with Crippen LogP contribution in [0.5, 0.6) is 0 Å². The summed E-state index contributed by atoms with van der Waals surface area (Å²) in [7, 11) is -14.8. The van der Waals surface area contributed by atoms with E-state index in [1.54, 1.807) is 0 Å². The maximum absolute atomic E-state index is 15.1. The highest BCUT2D eigenvalue weighted by atomic mass is 32.3. The number of alkyl halides is 7. The fourth-order valence-electron chi connectivity index (χ4n) is 3.72. The number of sulfone groups is 2. The Morgan fingerprint density at radius 3 is 1.27 bits per heavy atom. The molecule has 3 rings (SSSR count). The summed E-state index contributed by atoms with van der Waals surface area (Å²) >= 11 is 0. The van der Waals surface area contributed by atoms with Crippen LogP contribution < -0.4 is 0 Å². The summed E-state index contributed by atoms with van der Waals surface area (Å²) < 4.78 is 239. The van der Waals surface area contributed by atoms with E-state index in [4.69, 9.17) is 0 Å². The molecule has 0 radical (unpaired) electrons. The standard InChI is InChI=1S/C17H6F14O4S2/c18-4-1-2(7(21)10(24)9(23)6(1)20)5(19)8(22)3(4)16(37(34,35)17(29,30)31)36(32,33)15-13(27)11(25)12(26)14(15)28/h11-16H. The molecule has 1 saturated carbocycles. The molecular weight excluding hydrogens is 598 g/mol. The lowest BCUT2D eigenvalue weighted by Crippen LogP contribution is -2.44. The predicted molar refractivity (Wildman–Crippen MR) is 93.7 cm³/mol. The minimum atomic E-state index is -7.74. The van der Waals surface area contributed by atoms with Gasteiger partial charge in [0.05, 0.1) is 16.3 Å². The number of hydrogen-bond acceptors (Lipinski definition) is 4. The van der Waals surface area contributed by atoms with Gasteiger partial charge in [0, 0.05) is 0 Å². The van der Waals surface area contributed by atoms with Crippen LogP contribution in [0.1, 0.15) is 10.1 Å². The van der Waals surface area contributed by atoms with Crippen molar-refractivity contribution in [2.45, 2.75) is 40.0 Å². The van der Waals surface area contributed by atoms with Crippen molar-refractivity contribution >= 4 is 30.4 Å². The SMILES string of the molecule is O=S(=O)(C1C(F)C(F)C(F)C1F)C(c1c(F)c(F)c2c(F)c(F)c(F)c(F)c2c1F)S(=O)(=O)C(F)(F)F. The van der Waals surface area contributed by atoms with E-state index in [2.05, 4.69) is 0 Å². The largest absolute Gasteiger partial charge is 0.499 e. The molecule has 0 aliphatic heterocycles. The van der Waals surface area contributed by atoms with Gasteiger partial charge in [-0.25, -0.2) is 65.1 Å². The third-order valence-electron chi connectivity index (χ3n) is 5.43. The Morgan fingerprint density at radius 2 is 0.892 bits per heavy atom. The van der Waals surface area contributed by atoms with Crippen molar-refractivity contribution in [2.75, 3.05) is 0 Å². The van der Waals surface area contributed by atoms with Gasteiger partial charge in [0.2, 0.25) is 4.58 Å². The zero-order valence-electron chi connectivity index (χ0n) is 16.7. The van der Waals surface area contributed by atoms with Gasteiger partial charge in [-0.1, -0.05) is 0 Å². The molecule has 0 heterocycles. The third-order valence-corrected chi connectivity index (χ3v) is 10.6. The second-order valence-corrected chi connectivity index (χ2v) is 12.0. The van der Waals surface area contributed by atoms with Crippen LogP contribution in [-0.4, -0.2) is 52.3 Å². The Labute approximate surface area is 195 Å². The fourth-order valence-corrected chi connectivity index (χ4v) is 8.45. The lowest BCUT2D eigenvalue weighted by molar-refractivity contribution is -0.0439. The maximum atomic E-state index is 15.1. The molecule has 1 aliphatic rings. The van der Waals surface area contributed by atoms with Crippen LogP contribution in [0.15, 0.2) is 0 Å². The van der Waals surface area contributed by atoms with Gasteiger partial charge in [-0.3, -0.25) is 0 Å². The van der Waals surface area contributed by atoms with Crippen molar-refractivity contribution in [1.29, 1.82) is 0 Å². The first-order valence-electron chi connectivity index (χ1n) is 9.05. The average molecular weight is 604 g/mol. The van der Waals surface area contributed by atoms with Gasteiger partial charge in [-0.15, -0.1) is 0 Å². The van der Waals surface area contributed by atoms with E-state index in [0.717, 1.165) is 0 Å². The molecule has 208 valence electrons. The first-order chi connectivity index (χ1) is 16.6. The first-order valence-corrected chi connectivity index (χ1v) is 12.2. The van der Waals surface area contributed by atoms with E-state index < -0.39 is 117 Å². The summed E-state index contributed by atoms with van der Waals surface area (Å²) in [5.41, 5.74) is -10.2. The quantitative estimate of drug-likeness (QED) is 0.283. The molecular formula is C17H6F14O4S2. The van der Waals surface area contributed by atoms with Crippen LogP contribution in [0.3, 0.4) is 0 Å². The minimum Gasteiger partial charge on any atom is -0.243 e. The Morgan fingerprint density at radius 1 is 0.541 bits per heavy atom. The van der Waals surface area contributed by atoms with Crippen LogP contribution in [0.25, 0.3) is 10.8 Å². The highest BCUT2D eigenvalue weighted by Gasteiger charge is 2.66. The molecule has 5 unspecified atom stereocenters. The Bertz CT molecular complexity index is 1490. The molecule has 1 fully saturated rings. The Hall–Kier alpha value is -2.38. The molecule has 20 heteroatoms. The van der Waals surface area contributed by atoms with Gasteiger partial charge in [-0.05, 0) is 0 Å². The lowest BCUT2D eigenvalue weighted by atomic mass is 10.0. The van der Waals surface area contributed by atoms with Crippen molar-refractivity contribution in [3.8, 4) is 0 Å². The molecule has 2 aromatic rings. The van der Waals surface area contributed by atoms with E-state index in [0.29, 0.717) is 0 Å². The number of fused-ring (bicyclic) bond motifs is 1. The number of halogens is 14. The Balaban J connectivity index is 2.57. The predicted octanol–water partition coefficient (Wildman–Crippen LogP) is 4.90. The third kappa shape index (κ3) is 3.92. The van der Waals surface area contributed by atoms with E-state index in [9.17, 15) is 73.9 Å². The van der Waals surface area contributed by atoms with Gasteiger partial charge < -0.3 is 0 Å². The molecule has 0 spiro atoms. The smallest absolute Gasteiger partial charge is 0.243 e. The summed E-state index contributed by atoms with van der Waals surface area (Å²) in [6.45, 7) is 0. The van der Waals surface area contributed by atoms with Gasteiger partial charge in [0.15, 0.2) is 69.4 Å². The van der Waals surface area contributed by atoms with E-state index in [-0.39, 0.29) is 0 Å². The maximum Gasteiger partial charge on any atom is 0.499 e. The summed E-state index contributed by atoms with van der Waals surface area (Å²) in [6.07, 6.45) is -15.5. The van der Waals surface area contributed by atoms with E-state index in [1.165, 1.54) is 0 Å². The number of rotatable bonds is 4. The number of hydrogen-bond donors (Lipinski definition) is 0. The van der Waals surface area contributed by atoms with Crippen LogP contribution in [0.4, 0.5) is 61.5 Å².